The number of benzene rings is 1. The van der Waals surface area contributed by atoms with Gasteiger partial charge in [-0.25, -0.2) is 0 Å². The number of nitrogens with one attached hydrogen (secondary N) is 3. The maximum atomic E-state index is 14.5. The number of amides is 1. The van der Waals surface area contributed by atoms with Crippen LogP contribution < -0.4 is 15.7 Å². The van der Waals surface area contributed by atoms with Gasteiger partial charge in [-0.15, -0.1) is 11.3 Å². The van der Waals surface area contributed by atoms with Gasteiger partial charge in [0.05, 0.1) is 11.8 Å². The third-order valence-corrected chi connectivity index (χ3v) is 13.8. The molecule has 236 valence electrons. The fourth-order valence-electron chi connectivity index (χ4n) is 8.30. The molecule has 6 nitrogen and oxygen atoms in total. The van der Waals surface area contributed by atoms with Crippen molar-refractivity contribution in [1.82, 2.24) is 25.5 Å². The van der Waals surface area contributed by atoms with Gasteiger partial charge in [0.2, 0.25) is 5.91 Å². The van der Waals surface area contributed by atoms with Crippen molar-refractivity contribution in [1.29, 1.82) is 0 Å². The summed E-state index contributed by atoms with van der Waals surface area (Å²) in [6.45, 7) is 9.38. The molecule has 2 saturated carbocycles. The first-order chi connectivity index (χ1) is 21.1. The van der Waals surface area contributed by atoms with Gasteiger partial charge in [0.1, 0.15) is 0 Å². The zero-order valence-corrected chi connectivity index (χ0v) is 28.0. The Kier molecular flexibility index (Phi) is 11.3. The molecule has 1 unspecified atom stereocenters. The van der Waals surface area contributed by atoms with Crippen LogP contribution in [0.2, 0.25) is 0 Å². The van der Waals surface area contributed by atoms with Gasteiger partial charge in [0.15, 0.2) is 0 Å². The molecule has 43 heavy (non-hydrogen) atoms. The Labute approximate surface area is 265 Å². The molecule has 2 aliphatic carbocycles. The first kappa shape index (κ1) is 31.6. The molecule has 1 spiro atoms. The van der Waals surface area contributed by atoms with Crippen molar-refractivity contribution < 1.29 is 4.79 Å². The van der Waals surface area contributed by atoms with Gasteiger partial charge < -0.3 is 15.5 Å². The summed E-state index contributed by atoms with van der Waals surface area (Å²) in [5, 5.41) is 13.6. The second-order valence-corrected chi connectivity index (χ2v) is 17.1. The van der Waals surface area contributed by atoms with Gasteiger partial charge in [-0.2, -0.15) is 0 Å². The van der Waals surface area contributed by atoms with Crippen LogP contribution in [0.25, 0.3) is 0 Å². The van der Waals surface area contributed by atoms with E-state index in [0.29, 0.717) is 23.3 Å². The number of rotatable bonds is 11. The quantitative estimate of drug-likeness (QED) is 0.254. The Morgan fingerprint density at radius 3 is 2.63 bits per heavy atom. The van der Waals surface area contributed by atoms with E-state index in [1.54, 1.807) is 0 Å². The molecule has 2 aliphatic heterocycles. The van der Waals surface area contributed by atoms with Crippen LogP contribution in [-0.4, -0.2) is 73.0 Å². The standard InChI is InChI=1S/C35H54N5OPS/c1-42(37-24-31-13-8-22-43-31)33-25-36-19-21-40(33)34(41)32(23-28-9-4-2-5-10-28)38-30-14-16-35(17-15-30)18-20-39(27-35)26-29-11-6-3-7-12-29/h3,6-8,11-13,22,28,30,32-33,36-38H,2,4-5,9-10,14-21,23-27H2,1H3/t30?,32-,33-,35?,42?/m1/s1. The molecule has 2 aromatic rings. The van der Waals surface area contributed by atoms with Crippen LogP contribution in [0.4, 0.5) is 0 Å². The van der Waals surface area contributed by atoms with E-state index in [-0.39, 0.29) is 11.8 Å². The highest BCUT2D eigenvalue weighted by atomic mass is 32.1. The highest BCUT2D eigenvalue weighted by molar-refractivity contribution is 7.55. The normalized spacial score (nSPS) is 28.7. The predicted octanol–water partition coefficient (Wildman–Crippen LogP) is 6.39. The van der Waals surface area contributed by atoms with E-state index in [2.05, 4.69) is 80.0 Å². The lowest BCUT2D eigenvalue weighted by Gasteiger charge is -2.43. The van der Waals surface area contributed by atoms with Crippen molar-refractivity contribution >= 4 is 25.3 Å². The Hall–Kier alpha value is -1.34. The van der Waals surface area contributed by atoms with E-state index >= 15 is 0 Å². The van der Waals surface area contributed by atoms with Crippen LogP contribution in [0.3, 0.4) is 0 Å². The van der Waals surface area contributed by atoms with Crippen molar-refractivity contribution in [3.8, 4) is 0 Å². The number of hydrogen-bond acceptors (Lipinski definition) is 6. The molecule has 1 amide bonds. The first-order valence-electron chi connectivity index (χ1n) is 17.1. The van der Waals surface area contributed by atoms with Crippen molar-refractivity contribution in [2.45, 2.75) is 102 Å². The molecule has 0 bridgehead atoms. The van der Waals surface area contributed by atoms with Gasteiger partial charge >= 0.3 is 0 Å². The molecule has 4 fully saturated rings. The number of nitrogens with zero attached hydrogens (tertiary/aromatic N) is 2. The summed E-state index contributed by atoms with van der Waals surface area (Å²) in [5.41, 5.74) is 1.91. The first-order valence-corrected chi connectivity index (χ1v) is 19.8. The predicted molar refractivity (Wildman–Crippen MR) is 182 cm³/mol. The Bertz CT molecular complexity index is 1120. The SMILES string of the molecule is CP(NCc1cccs1)[C@@H]1CNCCN1C(=O)[C@@H](CC1CCCCC1)NC1CCC2(CC1)CCN(Cc1ccccc1)C2. The third-order valence-electron chi connectivity index (χ3n) is 10.9. The fraction of sp³-hybridized carbons (Fsp3) is 0.686. The largest absolute Gasteiger partial charge is 0.331 e. The molecule has 8 heteroatoms. The van der Waals surface area contributed by atoms with Crippen molar-refractivity contribution in [2.75, 3.05) is 39.4 Å². The molecule has 3 N–H and O–H groups in total. The van der Waals surface area contributed by atoms with Crippen molar-refractivity contribution in [3.63, 3.8) is 0 Å². The van der Waals surface area contributed by atoms with E-state index in [4.69, 9.17) is 0 Å². The molecule has 1 aromatic heterocycles. The topological polar surface area (TPSA) is 59.6 Å². The number of carbonyl (C=O) groups is 1. The highest BCUT2D eigenvalue weighted by Gasteiger charge is 2.42. The average molecular weight is 624 g/mol. The smallest absolute Gasteiger partial charge is 0.240 e. The molecule has 0 radical (unpaired) electrons. The number of piperazine rings is 1. The summed E-state index contributed by atoms with van der Waals surface area (Å²) in [5.74, 6) is 1.31. The summed E-state index contributed by atoms with van der Waals surface area (Å²) in [6.07, 6.45) is 14.0. The van der Waals surface area contributed by atoms with Crippen LogP contribution in [0.15, 0.2) is 47.8 Å². The second kappa shape index (κ2) is 15.3. The average Bonchev–Trinajstić information content (AvgIpc) is 3.72. The van der Waals surface area contributed by atoms with Crippen LogP contribution in [-0.2, 0) is 17.9 Å². The van der Waals surface area contributed by atoms with Gasteiger partial charge in [0, 0.05) is 50.2 Å². The Morgan fingerprint density at radius 1 is 1.05 bits per heavy atom. The minimum Gasteiger partial charge on any atom is -0.331 e. The van der Waals surface area contributed by atoms with Crippen LogP contribution in [0, 0.1) is 11.3 Å². The summed E-state index contributed by atoms with van der Waals surface area (Å²) in [7, 11) is -0.506. The highest BCUT2D eigenvalue weighted by Crippen LogP contribution is 2.44. The maximum Gasteiger partial charge on any atom is 0.240 e. The van der Waals surface area contributed by atoms with Gasteiger partial charge in [-0.05, 0) is 88.1 Å². The van der Waals surface area contributed by atoms with Gasteiger partial charge in [0.25, 0.3) is 0 Å². The van der Waals surface area contributed by atoms with Gasteiger partial charge in [-0.3, -0.25) is 14.8 Å². The summed E-state index contributed by atoms with van der Waals surface area (Å²) < 4.78 is 0. The zero-order chi connectivity index (χ0) is 29.5. The molecule has 1 aromatic carbocycles. The number of likely N-dealkylation sites (tertiary alicyclic amines) is 1. The third kappa shape index (κ3) is 8.48. The Morgan fingerprint density at radius 2 is 1.86 bits per heavy atom. The van der Waals surface area contributed by atoms with E-state index in [1.807, 2.05) is 11.3 Å². The monoisotopic (exact) mass is 623 g/mol. The summed E-state index contributed by atoms with van der Waals surface area (Å²) in [4.78, 5) is 20.8. The van der Waals surface area contributed by atoms with Gasteiger partial charge in [-0.1, -0.05) is 68.5 Å². The van der Waals surface area contributed by atoms with E-state index in [9.17, 15) is 4.79 Å². The number of carbonyl (C=O) groups excluding carboxylic acids is 1. The zero-order valence-electron chi connectivity index (χ0n) is 26.3. The molecule has 3 atom stereocenters. The minimum atomic E-state index is -0.506. The van der Waals surface area contributed by atoms with E-state index in [1.165, 1.54) is 87.7 Å². The minimum absolute atomic E-state index is 0.0402. The number of thiophene rings is 1. The van der Waals surface area contributed by atoms with Crippen molar-refractivity contribution in [3.05, 3.63) is 58.3 Å². The second-order valence-electron chi connectivity index (χ2n) is 13.9. The van der Waals surface area contributed by atoms with E-state index in [0.717, 1.165) is 39.1 Å². The lowest BCUT2D eigenvalue weighted by Crippen LogP contribution is -2.59. The molecule has 6 rings (SSSR count). The lowest BCUT2D eigenvalue weighted by molar-refractivity contribution is -0.135. The van der Waals surface area contributed by atoms with E-state index < -0.39 is 8.07 Å². The molecule has 3 heterocycles. The van der Waals surface area contributed by atoms with Crippen LogP contribution >= 0.6 is 19.4 Å². The van der Waals surface area contributed by atoms with Crippen LogP contribution in [0.1, 0.15) is 81.1 Å². The molecule has 2 saturated heterocycles. The molecular weight excluding hydrogens is 569 g/mol. The Balaban J connectivity index is 1.07. The number of hydrogen-bond donors (Lipinski definition) is 3. The molecular formula is C35H54N5OPS. The maximum absolute atomic E-state index is 14.5. The summed E-state index contributed by atoms with van der Waals surface area (Å²) in [6, 6.07) is 15.7. The van der Waals surface area contributed by atoms with Crippen molar-refractivity contribution in [2.24, 2.45) is 11.3 Å². The molecule has 4 aliphatic rings. The van der Waals surface area contributed by atoms with Crippen LogP contribution in [0.5, 0.6) is 0 Å². The summed E-state index contributed by atoms with van der Waals surface area (Å²) >= 11 is 1.81. The fourth-order valence-corrected chi connectivity index (χ4v) is 10.7. The lowest BCUT2D eigenvalue weighted by atomic mass is 9.71.